The maximum Gasteiger partial charge on any atom is 0.306 e. The Balaban J connectivity index is 4.44. The van der Waals surface area contributed by atoms with E-state index in [1.807, 2.05) is 45.4 Å². The topological polar surface area (TPSA) is 105 Å². The van der Waals surface area contributed by atoms with Crippen molar-refractivity contribution in [1.82, 2.24) is 0 Å². The van der Waals surface area contributed by atoms with Crippen molar-refractivity contribution in [2.24, 2.45) is 0 Å². The Kier molecular flexibility index (Phi) is 12.4. The highest BCUT2D eigenvalue weighted by atomic mass is 31.2. The number of hydrogen-bond donors (Lipinski definition) is 1. The quantitative estimate of drug-likeness (QED) is 0.0605. The van der Waals surface area contributed by atoms with E-state index in [0.717, 1.165) is 6.08 Å². The maximum atomic E-state index is 12.0. The van der Waals surface area contributed by atoms with Gasteiger partial charge in [-0.25, -0.2) is 0 Å². The van der Waals surface area contributed by atoms with Gasteiger partial charge in [0.25, 0.3) is 7.82 Å². The van der Waals surface area contributed by atoms with Crippen molar-refractivity contribution in [1.29, 1.82) is 0 Å². The summed E-state index contributed by atoms with van der Waals surface area (Å²) in [5.41, 5.74) is 0. The van der Waals surface area contributed by atoms with Gasteiger partial charge in [-0.1, -0.05) is 68.2 Å². The molecule has 214 valence electrons. The Hall–Kier alpha value is -1.54. The van der Waals surface area contributed by atoms with Gasteiger partial charge in [0, 0.05) is 21.5 Å². The number of esters is 1. The lowest BCUT2D eigenvalue weighted by Gasteiger charge is -2.28. The lowest BCUT2D eigenvalue weighted by molar-refractivity contribution is -0.870. The monoisotopic (exact) mass is 554 g/mol. The minimum atomic E-state index is -4.60. The molecule has 0 aromatic rings. The van der Waals surface area contributed by atoms with Gasteiger partial charge in [-0.15, -0.1) is 0 Å². The number of likely N-dealkylation sites (N-methyl/N-ethyl adjacent to an activating group) is 1. The van der Waals surface area contributed by atoms with Crippen molar-refractivity contribution in [2.45, 2.75) is 77.0 Å². The average molecular weight is 555 g/mol. The molecule has 0 aliphatic rings. The number of phosphoric acid groups is 1. The van der Waals surface area contributed by atoms with E-state index in [4.69, 9.17) is 28.9 Å². The van der Waals surface area contributed by atoms with Gasteiger partial charge in [-0.2, -0.15) is 0 Å². The highest BCUT2D eigenvalue weighted by Crippen LogP contribution is 2.38. The Morgan fingerprint density at radius 3 is 2.24 bits per heavy atom. The molecule has 0 spiro atoms. The summed E-state index contributed by atoms with van der Waals surface area (Å²) in [7, 11) is 1.01. The molecule has 1 unspecified atom stereocenters. The zero-order valence-electron chi connectivity index (χ0n) is 33.1. The van der Waals surface area contributed by atoms with Crippen LogP contribution in [0, 0.1) is 0 Å². The number of unbranched alkanes of at least 4 members (excludes halogenated alkanes) is 1. The molecule has 2 atom stereocenters. The van der Waals surface area contributed by atoms with Gasteiger partial charge in [0.1, 0.15) is 19.3 Å². The first-order chi connectivity index (χ1) is 21.7. The average Bonchev–Trinajstić information content (AvgIpc) is 2.93. The van der Waals surface area contributed by atoms with E-state index < -0.39 is 65.5 Å². The second-order valence-corrected chi connectivity index (χ2v) is 10.2. The van der Waals surface area contributed by atoms with Gasteiger partial charge in [-0.05, 0) is 44.8 Å². The van der Waals surface area contributed by atoms with Crippen molar-refractivity contribution in [3.63, 3.8) is 0 Å². The van der Waals surface area contributed by atoms with Crippen molar-refractivity contribution in [3.05, 3.63) is 48.6 Å². The standard InChI is InChI=1S/C28H50NO7P/c1-5-6-7-8-9-10-11-12-13-14-15-16-17-18-19-20-21-22-28(31)36-27(25-30)26-35-37(32,33)34-24-23-29(2,3)4/h9-10,12-13,15-16,18-19,27,30H,5-8,11,14,17,20-26H2,1-4H3/b10-9-,13-12-,16-15-,19-18-/t27-/m1/s1/i1D3,5D2,6D2,7D2,8D2. The predicted octanol–water partition coefficient (Wildman–Crippen LogP) is 5.24. The van der Waals surface area contributed by atoms with Crippen LogP contribution >= 0.6 is 7.82 Å². The number of allylic oxidation sites excluding steroid dienone is 8. The SMILES string of the molecule is [2H]C([2H])([2H])C([2H])([2H])C([2H])([2H])C([2H])([2H])C([2H])([2H])/C=C\C/C=C\C/C=C\C/C=C\CCCC(=O)O[C@H](CO)COP(=O)([O-])OCC[N+](C)(C)C. The molecular formula is C28H50NO7P. The molecule has 37 heavy (non-hydrogen) atoms. The minimum absolute atomic E-state index is 0.0572. The number of hydrogen-bond acceptors (Lipinski definition) is 7. The van der Waals surface area contributed by atoms with Gasteiger partial charge >= 0.3 is 5.97 Å². The van der Waals surface area contributed by atoms with E-state index in [9.17, 15) is 19.4 Å². The number of carbonyl (C=O) groups excluding carboxylic acids is 1. The van der Waals surface area contributed by atoms with Crippen LogP contribution in [0.2, 0.25) is 0 Å². The second-order valence-electron chi connectivity index (χ2n) is 8.82. The molecule has 0 fully saturated rings. The molecule has 0 aliphatic heterocycles. The summed E-state index contributed by atoms with van der Waals surface area (Å²) in [6.07, 6.45) is 0.506. The van der Waals surface area contributed by atoms with Crippen LogP contribution in [-0.2, 0) is 23.1 Å². The van der Waals surface area contributed by atoms with E-state index in [1.165, 1.54) is 6.08 Å². The minimum Gasteiger partial charge on any atom is -0.756 e. The molecule has 0 heterocycles. The van der Waals surface area contributed by atoms with Gasteiger partial charge in [0.15, 0.2) is 0 Å². The van der Waals surface area contributed by atoms with E-state index in [1.54, 1.807) is 12.2 Å². The number of nitrogens with zero attached hydrogens (tertiary/aromatic N) is 1. The Morgan fingerprint density at radius 2 is 1.65 bits per heavy atom. The van der Waals surface area contributed by atoms with Gasteiger partial charge in [-0.3, -0.25) is 9.36 Å². The fourth-order valence-corrected chi connectivity index (χ4v) is 3.17. The van der Waals surface area contributed by atoms with Crippen molar-refractivity contribution >= 4 is 13.8 Å². The Morgan fingerprint density at radius 1 is 1.03 bits per heavy atom. The molecule has 0 aromatic heterocycles. The number of carbonyl (C=O) groups is 1. The maximum absolute atomic E-state index is 12.0. The summed E-state index contributed by atoms with van der Waals surface area (Å²) in [5, 5.41) is 9.38. The first-order valence-corrected chi connectivity index (χ1v) is 13.5. The summed E-state index contributed by atoms with van der Waals surface area (Å²) < 4.78 is 111. The van der Waals surface area contributed by atoms with Gasteiger partial charge < -0.3 is 28.3 Å². The van der Waals surface area contributed by atoms with Crippen molar-refractivity contribution in [2.75, 3.05) is 47.5 Å². The summed E-state index contributed by atoms with van der Waals surface area (Å²) in [5.74, 6) is -0.605. The molecule has 0 bridgehead atoms. The smallest absolute Gasteiger partial charge is 0.306 e. The molecule has 0 saturated heterocycles. The van der Waals surface area contributed by atoms with E-state index >= 15 is 0 Å². The van der Waals surface area contributed by atoms with Crippen LogP contribution < -0.4 is 4.89 Å². The molecule has 1 N–H and O–H groups in total. The molecule has 0 radical (unpaired) electrons. The van der Waals surface area contributed by atoms with E-state index in [0.29, 0.717) is 36.7 Å². The van der Waals surface area contributed by atoms with Crippen molar-refractivity contribution in [3.8, 4) is 0 Å². The number of rotatable bonds is 23. The first kappa shape index (κ1) is 20.4. The third kappa shape index (κ3) is 25.9. The highest BCUT2D eigenvalue weighted by Gasteiger charge is 2.19. The van der Waals surface area contributed by atoms with Crippen LogP contribution in [0.5, 0.6) is 0 Å². The largest absolute Gasteiger partial charge is 0.756 e. The van der Waals surface area contributed by atoms with Crippen molar-refractivity contribution < 1.29 is 52.7 Å². The molecular weight excluding hydrogens is 493 g/mol. The van der Waals surface area contributed by atoms with Crippen LogP contribution in [0.4, 0.5) is 0 Å². The van der Waals surface area contributed by atoms with E-state index in [2.05, 4.69) is 0 Å². The van der Waals surface area contributed by atoms with Crippen LogP contribution in [0.1, 0.15) is 85.9 Å². The number of aliphatic hydroxyl groups excluding tert-OH is 1. The van der Waals surface area contributed by atoms with Crippen LogP contribution in [0.15, 0.2) is 48.6 Å². The fraction of sp³-hybridized carbons (Fsp3) is 0.679. The molecule has 0 rings (SSSR count). The summed E-state index contributed by atoms with van der Waals surface area (Å²) in [6.45, 7) is -4.33. The molecule has 0 amide bonds. The number of aliphatic hydroxyl groups is 1. The highest BCUT2D eigenvalue weighted by molar-refractivity contribution is 7.45. The van der Waals surface area contributed by atoms with Crippen LogP contribution in [-0.4, -0.2) is 69.2 Å². The van der Waals surface area contributed by atoms with Gasteiger partial charge in [0.05, 0.1) is 34.4 Å². The normalized spacial score (nSPS) is 21.6. The third-order valence-electron chi connectivity index (χ3n) is 4.40. The zero-order chi connectivity index (χ0) is 37.5. The lowest BCUT2D eigenvalue weighted by Crippen LogP contribution is -2.37. The molecule has 8 nitrogen and oxygen atoms in total. The summed E-state index contributed by atoms with van der Waals surface area (Å²) in [6, 6.07) is 0. The first-order valence-electron chi connectivity index (χ1n) is 17.6. The van der Waals surface area contributed by atoms with Crippen LogP contribution in [0.3, 0.4) is 0 Å². The molecule has 0 saturated carbocycles. The second kappa shape index (κ2) is 22.4. The lowest BCUT2D eigenvalue weighted by atomic mass is 10.2. The number of phosphoric ester groups is 1. The fourth-order valence-electron chi connectivity index (χ4n) is 2.44. The van der Waals surface area contributed by atoms with Crippen LogP contribution in [0.25, 0.3) is 0 Å². The van der Waals surface area contributed by atoms with E-state index in [-0.39, 0.29) is 19.4 Å². The Bertz CT molecular complexity index is 1150. The predicted molar refractivity (Wildman–Crippen MR) is 148 cm³/mol. The third-order valence-corrected chi connectivity index (χ3v) is 5.36. The summed E-state index contributed by atoms with van der Waals surface area (Å²) >= 11 is 0. The molecule has 9 heteroatoms. The number of quaternary nitrogens is 1. The van der Waals surface area contributed by atoms with Gasteiger partial charge in [0.2, 0.25) is 0 Å². The summed E-state index contributed by atoms with van der Waals surface area (Å²) in [4.78, 5) is 23.9. The zero-order valence-corrected chi connectivity index (χ0v) is 23.0. The number of ether oxygens (including phenoxy) is 1. The molecule has 0 aliphatic carbocycles. The Labute approximate surface area is 240 Å². The molecule has 0 aromatic carbocycles.